The second kappa shape index (κ2) is 16.9. The predicted octanol–water partition coefficient (Wildman–Crippen LogP) is 13.9. The molecule has 0 N–H and O–H groups in total. The fraction of sp³-hybridized carbons (Fsp3) is 0.488. The van der Waals surface area contributed by atoms with E-state index in [1.807, 2.05) is 0 Å². The summed E-state index contributed by atoms with van der Waals surface area (Å²) in [5.74, 6) is 4.32. The summed E-state index contributed by atoms with van der Waals surface area (Å²) in [6.07, 6.45) is 17.8. The Hall–Kier alpha value is -0.920. The quantitative estimate of drug-likeness (QED) is 0.203. The number of rotatable bonds is 6. The molecule has 0 bridgehead atoms. The first-order valence-electron chi connectivity index (χ1n) is 17.4. The standard InChI is InChI=1S/C41H54Si.2CH3.2ClH.Zr/c1-9-42(10-2,39-28(4)25-37-33(13-11-15-35(37)39)30-19-17-27(3)18-20-30)40-29(5)26-38-34(14-12-16-36(38)40)31-21-23-32(24-22-31)41(6,7)8;;;;;/h11-24,28-29,35-40H,9-10,25-26H2,1-8H3;2*1H3;2*1H;/q;2*-1;;;+4/p-2. The third-order valence-corrected chi connectivity index (χ3v) is 19.6. The molecular formula is C43H60Cl2SiZr. The topological polar surface area (TPSA) is 0 Å². The van der Waals surface area contributed by atoms with Crippen LogP contribution < -0.4 is 0 Å². The molecule has 2 fully saturated rings. The zero-order valence-electron chi connectivity index (χ0n) is 30.8. The van der Waals surface area contributed by atoms with E-state index in [1.165, 1.54) is 47.2 Å². The molecule has 254 valence electrons. The van der Waals surface area contributed by atoms with Crippen molar-refractivity contribution in [3.63, 3.8) is 0 Å². The molecule has 6 rings (SSSR count). The van der Waals surface area contributed by atoms with Gasteiger partial charge in [-0.05, 0) is 99.6 Å². The molecule has 8 atom stereocenters. The van der Waals surface area contributed by atoms with Gasteiger partial charge in [0.15, 0.2) is 0 Å². The Morgan fingerprint density at radius 1 is 0.702 bits per heavy atom. The van der Waals surface area contributed by atoms with Crippen molar-refractivity contribution in [1.82, 2.24) is 0 Å². The van der Waals surface area contributed by atoms with Gasteiger partial charge in [0, 0.05) is 0 Å². The molecule has 0 aliphatic heterocycles. The van der Waals surface area contributed by atoms with Gasteiger partial charge in [-0.2, -0.15) is 0 Å². The predicted molar refractivity (Wildman–Crippen MR) is 211 cm³/mol. The van der Waals surface area contributed by atoms with Crippen LogP contribution in [-0.2, 0) is 26.3 Å². The number of benzene rings is 2. The second-order valence-electron chi connectivity index (χ2n) is 15.6. The van der Waals surface area contributed by atoms with E-state index in [0.29, 0.717) is 23.7 Å². The Morgan fingerprint density at radius 2 is 1.09 bits per heavy atom. The van der Waals surface area contributed by atoms with Crippen LogP contribution in [0.15, 0.2) is 85.0 Å². The zero-order valence-corrected chi connectivity index (χ0v) is 35.8. The number of hydrogen-bond donors (Lipinski definition) is 0. The van der Waals surface area contributed by atoms with Gasteiger partial charge < -0.3 is 14.9 Å². The average molecular weight is 767 g/mol. The molecule has 2 saturated carbocycles. The number of hydrogen-bond acceptors (Lipinski definition) is 0. The molecular weight excluding hydrogens is 707 g/mol. The van der Waals surface area contributed by atoms with Crippen molar-refractivity contribution in [2.45, 2.75) is 96.8 Å². The summed E-state index contributed by atoms with van der Waals surface area (Å²) in [5.41, 5.74) is 10.8. The minimum atomic E-state index is -1.68. The van der Waals surface area contributed by atoms with Gasteiger partial charge in [0.1, 0.15) is 0 Å². The fourth-order valence-corrected chi connectivity index (χ4v) is 18.1. The van der Waals surface area contributed by atoms with E-state index in [2.05, 4.69) is 140 Å². The first-order valence-corrected chi connectivity index (χ1v) is 26.3. The van der Waals surface area contributed by atoms with Crippen molar-refractivity contribution >= 4 is 36.2 Å². The molecule has 4 heteroatoms. The van der Waals surface area contributed by atoms with Gasteiger partial charge in [-0.25, -0.2) is 0 Å². The van der Waals surface area contributed by atoms with Crippen LogP contribution in [0.3, 0.4) is 0 Å². The van der Waals surface area contributed by atoms with E-state index >= 15 is 0 Å². The molecule has 8 unspecified atom stereocenters. The van der Waals surface area contributed by atoms with Crippen molar-refractivity contribution in [2.75, 3.05) is 0 Å². The van der Waals surface area contributed by atoms with Gasteiger partial charge in [-0.3, -0.25) is 0 Å². The van der Waals surface area contributed by atoms with Gasteiger partial charge in [0.2, 0.25) is 0 Å². The van der Waals surface area contributed by atoms with Crippen LogP contribution in [0, 0.1) is 57.3 Å². The third kappa shape index (κ3) is 7.87. The summed E-state index contributed by atoms with van der Waals surface area (Å²) < 4.78 is 0. The van der Waals surface area contributed by atoms with Crippen molar-refractivity contribution in [2.24, 2.45) is 35.5 Å². The van der Waals surface area contributed by atoms with Crippen LogP contribution in [0.4, 0.5) is 0 Å². The van der Waals surface area contributed by atoms with E-state index < -0.39 is 28.9 Å². The summed E-state index contributed by atoms with van der Waals surface area (Å²) in [5, 5.41) is 0. The zero-order chi connectivity index (χ0) is 32.5. The maximum atomic E-state index is 4.93. The molecule has 4 aliphatic rings. The molecule has 2 aromatic rings. The van der Waals surface area contributed by atoms with E-state index in [-0.39, 0.29) is 20.3 Å². The summed E-state index contributed by atoms with van der Waals surface area (Å²) in [6.45, 7) is 19.6. The summed E-state index contributed by atoms with van der Waals surface area (Å²) in [7, 11) is 8.19. The van der Waals surface area contributed by atoms with Crippen LogP contribution in [-0.4, -0.2) is 8.07 Å². The molecule has 0 aromatic heterocycles. The van der Waals surface area contributed by atoms with Crippen LogP contribution in [0.5, 0.6) is 0 Å². The monoisotopic (exact) mass is 764 g/mol. The molecule has 0 nitrogen and oxygen atoms in total. The minimum absolute atomic E-state index is 0. The Balaban J connectivity index is 0.00000116. The Labute approximate surface area is 309 Å². The van der Waals surface area contributed by atoms with E-state index in [0.717, 1.165) is 22.9 Å². The van der Waals surface area contributed by atoms with Crippen molar-refractivity contribution in [1.29, 1.82) is 0 Å². The SMILES string of the molecule is CC[Si](CC)(C1C(C)CC2C(c3ccc(C)cc3)=CC=CC21)C1C(C)CC2C(c3ccc(C(C)(C)C)cc3)=CC=CC21.[CH3-].[CH3-].[Cl][Zr+2][Cl]. The molecule has 0 heterocycles. The summed E-state index contributed by atoms with van der Waals surface area (Å²) >= 11 is -0.826. The number of halogens is 2. The Bertz CT molecular complexity index is 1420. The Kier molecular flexibility index (Phi) is 14.5. The molecule has 0 radical (unpaired) electrons. The maximum absolute atomic E-state index is 4.93. The normalized spacial score (nSPS) is 29.1. The van der Waals surface area contributed by atoms with Gasteiger partial charge in [0.05, 0.1) is 8.07 Å². The summed E-state index contributed by atoms with van der Waals surface area (Å²) in [4.78, 5) is 0. The van der Waals surface area contributed by atoms with Gasteiger partial charge in [-0.15, -0.1) is 0 Å². The number of aryl methyl sites for hydroxylation is 1. The molecule has 0 amide bonds. The fourth-order valence-electron chi connectivity index (χ4n) is 10.5. The van der Waals surface area contributed by atoms with Gasteiger partial charge >= 0.3 is 37.9 Å². The molecule has 2 aromatic carbocycles. The van der Waals surface area contributed by atoms with Crippen LogP contribution in [0.25, 0.3) is 11.1 Å². The Morgan fingerprint density at radius 3 is 1.45 bits per heavy atom. The average Bonchev–Trinajstić information content (AvgIpc) is 3.55. The number of fused-ring (bicyclic) bond motifs is 2. The third-order valence-electron chi connectivity index (χ3n) is 12.4. The second-order valence-corrected chi connectivity index (χ2v) is 24.5. The van der Waals surface area contributed by atoms with Crippen molar-refractivity contribution < 1.29 is 20.8 Å². The molecule has 47 heavy (non-hydrogen) atoms. The van der Waals surface area contributed by atoms with E-state index in [1.54, 1.807) is 11.1 Å². The van der Waals surface area contributed by atoms with E-state index in [4.69, 9.17) is 17.0 Å². The van der Waals surface area contributed by atoms with Crippen molar-refractivity contribution in [3.05, 3.63) is 122 Å². The first-order chi connectivity index (χ1) is 21.5. The first kappa shape index (κ1) is 40.5. The summed E-state index contributed by atoms with van der Waals surface area (Å²) in [6, 6.07) is 21.8. The van der Waals surface area contributed by atoms with Crippen LogP contribution in [0.2, 0.25) is 23.2 Å². The van der Waals surface area contributed by atoms with Gasteiger partial charge in [0.25, 0.3) is 0 Å². The van der Waals surface area contributed by atoms with Crippen LogP contribution in [0.1, 0.15) is 83.6 Å². The van der Waals surface area contributed by atoms with Gasteiger partial charge in [-0.1, -0.05) is 151 Å². The van der Waals surface area contributed by atoms with E-state index in [9.17, 15) is 0 Å². The van der Waals surface area contributed by atoms with Crippen LogP contribution >= 0.6 is 17.0 Å². The molecule has 0 spiro atoms. The molecule has 4 aliphatic carbocycles. The van der Waals surface area contributed by atoms with Crippen molar-refractivity contribution in [3.8, 4) is 0 Å². The molecule has 0 saturated heterocycles. The number of allylic oxidation sites excluding steroid dienone is 8.